The standard InChI is InChI=1S/C15H14N6O2S/c1-9-18-19-12-6-7-14(20-21(9)12)24-8-13(22)17-11-4-2-10(3-5-11)15(16)23/h2-7H,8H2,1H3,(H2,16,23)(H,17,22). The summed E-state index contributed by atoms with van der Waals surface area (Å²) < 4.78 is 1.63. The molecule has 0 saturated heterocycles. The van der Waals surface area contributed by atoms with Crippen LogP contribution in [-0.2, 0) is 4.79 Å². The van der Waals surface area contributed by atoms with Crippen LogP contribution >= 0.6 is 11.8 Å². The van der Waals surface area contributed by atoms with E-state index in [9.17, 15) is 9.59 Å². The molecule has 0 saturated carbocycles. The number of rotatable bonds is 5. The first-order valence-electron chi connectivity index (χ1n) is 7.04. The van der Waals surface area contributed by atoms with Crippen molar-refractivity contribution in [1.29, 1.82) is 0 Å². The highest BCUT2D eigenvalue weighted by Gasteiger charge is 2.08. The number of aryl methyl sites for hydroxylation is 1. The molecular weight excluding hydrogens is 328 g/mol. The summed E-state index contributed by atoms with van der Waals surface area (Å²) >= 11 is 1.31. The van der Waals surface area contributed by atoms with Crippen molar-refractivity contribution in [2.45, 2.75) is 11.9 Å². The highest BCUT2D eigenvalue weighted by atomic mass is 32.2. The molecule has 3 rings (SSSR count). The van der Waals surface area contributed by atoms with Crippen LogP contribution in [-0.4, -0.2) is 37.4 Å². The third-order valence-electron chi connectivity index (χ3n) is 3.20. The summed E-state index contributed by atoms with van der Waals surface area (Å²) in [6.07, 6.45) is 0. The molecule has 1 aromatic carbocycles. The van der Waals surface area contributed by atoms with Crippen LogP contribution in [0.3, 0.4) is 0 Å². The second-order valence-corrected chi connectivity index (χ2v) is 5.96. The SMILES string of the molecule is Cc1nnc2ccc(SCC(=O)Nc3ccc(C(N)=O)cc3)nn12. The van der Waals surface area contributed by atoms with E-state index in [-0.39, 0.29) is 11.7 Å². The van der Waals surface area contributed by atoms with Crippen molar-refractivity contribution in [3.63, 3.8) is 0 Å². The van der Waals surface area contributed by atoms with Crippen molar-refractivity contribution in [3.05, 3.63) is 47.8 Å². The van der Waals surface area contributed by atoms with E-state index < -0.39 is 5.91 Å². The Balaban J connectivity index is 1.60. The maximum atomic E-state index is 12.0. The lowest BCUT2D eigenvalue weighted by Crippen LogP contribution is -2.15. The number of nitrogens with two attached hydrogens (primary N) is 1. The minimum atomic E-state index is -0.505. The Kier molecular flexibility index (Phi) is 4.43. The van der Waals surface area contributed by atoms with Gasteiger partial charge in [0.15, 0.2) is 11.5 Å². The maximum absolute atomic E-state index is 12.0. The number of primary amides is 1. The molecule has 24 heavy (non-hydrogen) atoms. The molecule has 0 atom stereocenters. The number of hydrogen-bond acceptors (Lipinski definition) is 6. The third-order valence-corrected chi connectivity index (χ3v) is 4.12. The Morgan fingerprint density at radius 1 is 1.17 bits per heavy atom. The molecule has 2 aromatic heterocycles. The quantitative estimate of drug-likeness (QED) is 0.675. The fraction of sp³-hybridized carbons (Fsp3) is 0.133. The summed E-state index contributed by atoms with van der Waals surface area (Å²) in [5.74, 6) is 0.215. The smallest absolute Gasteiger partial charge is 0.248 e. The van der Waals surface area contributed by atoms with Gasteiger partial charge in [-0.3, -0.25) is 9.59 Å². The Bertz CT molecular complexity index is 906. The van der Waals surface area contributed by atoms with Crippen molar-refractivity contribution in [2.75, 3.05) is 11.1 Å². The molecule has 3 aromatic rings. The van der Waals surface area contributed by atoms with Crippen molar-refractivity contribution in [3.8, 4) is 0 Å². The molecule has 0 aliphatic rings. The molecule has 0 bridgehead atoms. The van der Waals surface area contributed by atoms with Gasteiger partial charge in [0.05, 0.1) is 5.75 Å². The third kappa shape index (κ3) is 3.51. The molecular formula is C15H14N6O2S. The van der Waals surface area contributed by atoms with Gasteiger partial charge in [-0.25, -0.2) is 0 Å². The number of nitrogens with zero attached hydrogens (tertiary/aromatic N) is 4. The van der Waals surface area contributed by atoms with Crippen molar-refractivity contribution in [1.82, 2.24) is 19.8 Å². The first-order chi connectivity index (χ1) is 11.5. The summed E-state index contributed by atoms with van der Waals surface area (Å²) in [6.45, 7) is 1.81. The number of carbonyl (C=O) groups is 2. The lowest BCUT2D eigenvalue weighted by atomic mass is 10.2. The average Bonchev–Trinajstić information content (AvgIpc) is 2.94. The van der Waals surface area contributed by atoms with E-state index in [1.165, 1.54) is 11.8 Å². The van der Waals surface area contributed by atoms with E-state index >= 15 is 0 Å². The summed E-state index contributed by atoms with van der Waals surface area (Å²) in [5.41, 5.74) is 6.83. The number of amides is 2. The van der Waals surface area contributed by atoms with Gasteiger partial charge in [0.2, 0.25) is 11.8 Å². The minimum Gasteiger partial charge on any atom is -0.366 e. The normalized spacial score (nSPS) is 10.7. The Hall–Kier alpha value is -2.94. The predicted molar refractivity (Wildman–Crippen MR) is 89.8 cm³/mol. The number of anilines is 1. The zero-order chi connectivity index (χ0) is 17.1. The first kappa shape index (κ1) is 15.9. The van der Waals surface area contributed by atoms with E-state index in [2.05, 4.69) is 20.6 Å². The Morgan fingerprint density at radius 3 is 2.62 bits per heavy atom. The van der Waals surface area contributed by atoms with Gasteiger partial charge in [0.25, 0.3) is 0 Å². The van der Waals surface area contributed by atoms with Gasteiger partial charge in [0.1, 0.15) is 5.03 Å². The van der Waals surface area contributed by atoms with Gasteiger partial charge >= 0.3 is 0 Å². The number of aromatic nitrogens is 4. The highest BCUT2D eigenvalue weighted by molar-refractivity contribution is 7.99. The lowest BCUT2D eigenvalue weighted by Gasteiger charge is -2.05. The van der Waals surface area contributed by atoms with Gasteiger partial charge in [-0.15, -0.1) is 10.2 Å². The molecule has 0 aliphatic carbocycles. The largest absolute Gasteiger partial charge is 0.366 e. The molecule has 0 unspecified atom stereocenters. The van der Waals surface area contributed by atoms with E-state index in [0.29, 0.717) is 27.7 Å². The van der Waals surface area contributed by atoms with Crippen molar-refractivity contribution >= 4 is 34.9 Å². The van der Waals surface area contributed by atoms with Crippen LogP contribution in [0.5, 0.6) is 0 Å². The van der Waals surface area contributed by atoms with Crippen LogP contribution in [0.25, 0.3) is 5.65 Å². The summed E-state index contributed by atoms with van der Waals surface area (Å²) in [7, 11) is 0. The molecule has 3 N–H and O–H groups in total. The van der Waals surface area contributed by atoms with Crippen LogP contribution in [0, 0.1) is 6.92 Å². The second-order valence-electron chi connectivity index (χ2n) is 4.97. The van der Waals surface area contributed by atoms with E-state index in [1.807, 2.05) is 6.92 Å². The molecule has 0 aliphatic heterocycles. The van der Waals surface area contributed by atoms with E-state index in [1.54, 1.807) is 40.9 Å². The zero-order valence-electron chi connectivity index (χ0n) is 12.8. The van der Waals surface area contributed by atoms with Crippen LogP contribution in [0.2, 0.25) is 0 Å². The molecule has 9 heteroatoms. The Morgan fingerprint density at radius 2 is 1.92 bits per heavy atom. The monoisotopic (exact) mass is 342 g/mol. The maximum Gasteiger partial charge on any atom is 0.248 e. The summed E-state index contributed by atoms with van der Waals surface area (Å²) in [6, 6.07) is 9.99. The molecule has 0 fully saturated rings. The van der Waals surface area contributed by atoms with Crippen LogP contribution < -0.4 is 11.1 Å². The predicted octanol–water partition coefficient (Wildman–Crippen LogP) is 1.26. The minimum absolute atomic E-state index is 0.172. The molecule has 0 spiro atoms. The van der Waals surface area contributed by atoms with Crippen LogP contribution in [0.4, 0.5) is 5.69 Å². The second kappa shape index (κ2) is 6.67. The number of benzene rings is 1. The summed E-state index contributed by atoms with van der Waals surface area (Å²) in [5, 5.41) is 15.7. The van der Waals surface area contributed by atoms with Crippen molar-refractivity contribution in [2.24, 2.45) is 5.73 Å². The van der Waals surface area contributed by atoms with Gasteiger partial charge in [-0.2, -0.15) is 9.61 Å². The van der Waals surface area contributed by atoms with Crippen LogP contribution in [0.1, 0.15) is 16.2 Å². The van der Waals surface area contributed by atoms with E-state index in [4.69, 9.17) is 5.73 Å². The molecule has 2 amide bonds. The molecule has 8 nitrogen and oxygen atoms in total. The van der Waals surface area contributed by atoms with Gasteiger partial charge < -0.3 is 11.1 Å². The van der Waals surface area contributed by atoms with Crippen molar-refractivity contribution < 1.29 is 9.59 Å². The van der Waals surface area contributed by atoms with E-state index in [0.717, 1.165) is 0 Å². The average molecular weight is 342 g/mol. The highest BCUT2D eigenvalue weighted by Crippen LogP contribution is 2.17. The lowest BCUT2D eigenvalue weighted by molar-refractivity contribution is -0.113. The number of hydrogen-bond donors (Lipinski definition) is 2. The molecule has 0 radical (unpaired) electrons. The van der Waals surface area contributed by atoms with Gasteiger partial charge in [0, 0.05) is 11.3 Å². The van der Waals surface area contributed by atoms with Gasteiger partial charge in [-0.05, 0) is 43.3 Å². The number of fused-ring (bicyclic) bond motifs is 1. The summed E-state index contributed by atoms with van der Waals surface area (Å²) in [4.78, 5) is 23.0. The molecule has 122 valence electrons. The fourth-order valence-electron chi connectivity index (χ4n) is 2.01. The number of carbonyl (C=O) groups excluding carboxylic acids is 2. The number of thioether (sulfide) groups is 1. The molecule has 2 heterocycles. The topological polar surface area (TPSA) is 115 Å². The first-order valence-corrected chi connectivity index (χ1v) is 8.03. The Labute approximate surface area is 141 Å². The van der Waals surface area contributed by atoms with Gasteiger partial charge in [-0.1, -0.05) is 11.8 Å². The van der Waals surface area contributed by atoms with Crippen LogP contribution in [0.15, 0.2) is 41.4 Å². The zero-order valence-corrected chi connectivity index (χ0v) is 13.6. The number of nitrogens with one attached hydrogen (secondary N) is 1. The fourth-order valence-corrected chi connectivity index (χ4v) is 2.67.